The zero-order valence-electron chi connectivity index (χ0n) is 10.4. The molecule has 0 spiro atoms. The van der Waals surface area contributed by atoms with Crippen LogP contribution in [-0.2, 0) is 0 Å². The first-order valence-electron chi connectivity index (χ1n) is 5.78. The highest BCUT2D eigenvalue weighted by Crippen LogP contribution is 2.26. The second kappa shape index (κ2) is 5.08. The second-order valence-electron chi connectivity index (χ2n) is 4.42. The second-order valence-corrected chi connectivity index (χ2v) is 4.42. The van der Waals surface area contributed by atoms with Crippen LogP contribution in [-0.4, -0.2) is 11.3 Å². The summed E-state index contributed by atoms with van der Waals surface area (Å²) in [5.74, 6) is -0.424. The molecular weight excluding hydrogens is 229 g/mol. The smallest absolute Gasteiger partial charge is 0.150 e. The maximum absolute atomic E-state index is 13.8. The van der Waals surface area contributed by atoms with Gasteiger partial charge in [-0.25, -0.2) is 4.39 Å². The summed E-state index contributed by atoms with van der Waals surface area (Å²) < 4.78 is 13.8. The molecule has 0 N–H and O–H groups in total. The molecule has 2 nitrogen and oxygen atoms in total. The molecule has 0 aliphatic carbocycles. The van der Waals surface area contributed by atoms with Crippen LogP contribution in [0.2, 0.25) is 0 Å². The number of aldehydes is 1. The molecule has 18 heavy (non-hydrogen) atoms. The van der Waals surface area contributed by atoms with Gasteiger partial charge in [0.15, 0.2) is 0 Å². The molecule has 3 heteroatoms. The molecule has 0 saturated carbocycles. The van der Waals surface area contributed by atoms with Crippen LogP contribution in [0, 0.1) is 12.7 Å². The number of carbonyl (C=O) groups excluding carboxylic acids is 1. The predicted octanol–water partition coefficient (Wildman–Crippen LogP) is 3.49. The fraction of sp³-hybridized carbons (Fsp3) is 0.200. The van der Waals surface area contributed by atoms with Crippen molar-refractivity contribution in [3.05, 3.63) is 64.7 Å². The molecule has 0 saturated heterocycles. The van der Waals surface area contributed by atoms with E-state index >= 15 is 0 Å². The Balaban J connectivity index is 2.45. The topological polar surface area (TPSA) is 30.0 Å². The van der Waals surface area contributed by atoms with Crippen molar-refractivity contribution in [2.75, 3.05) is 0 Å². The van der Waals surface area contributed by atoms with E-state index in [-0.39, 0.29) is 11.7 Å². The lowest BCUT2D eigenvalue weighted by molar-refractivity contribution is 0.112. The van der Waals surface area contributed by atoms with Crippen molar-refractivity contribution in [2.24, 2.45) is 0 Å². The number of rotatable bonds is 3. The standard InChI is InChI=1S/C15H14FNO/c1-10-5-13(8-17-7-10)11(2)14-6-12(9-18)3-4-15(14)16/h3-9,11H,1-2H3. The van der Waals surface area contributed by atoms with Crippen LogP contribution < -0.4 is 0 Å². The van der Waals surface area contributed by atoms with Crippen molar-refractivity contribution >= 4 is 6.29 Å². The molecule has 0 amide bonds. The van der Waals surface area contributed by atoms with Crippen LogP contribution in [0.1, 0.15) is 39.9 Å². The first-order valence-corrected chi connectivity index (χ1v) is 5.78. The first kappa shape index (κ1) is 12.4. The van der Waals surface area contributed by atoms with E-state index in [0.29, 0.717) is 11.1 Å². The summed E-state index contributed by atoms with van der Waals surface area (Å²) in [4.78, 5) is 14.9. The third kappa shape index (κ3) is 2.45. The van der Waals surface area contributed by atoms with Gasteiger partial charge in [-0.2, -0.15) is 0 Å². The number of pyridine rings is 1. The quantitative estimate of drug-likeness (QED) is 0.772. The molecular formula is C15H14FNO. The van der Waals surface area contributed by atoms with Gasteiger partial charge in [-0.1, -0.05) is 13.0 Å². The summed E-state index contributed by atoms with van der Waals surface area (Å²) in [5.41, 5.74) is 2.98. The third-order valence-electron chi connectivity index (χ3n) is 3.02. The number of halogens is 1. The Morgan fingerprint density at radius 2 is 2.06 bits per heavy atom. The number of carbonyl (C=O) groups is 1. The molecule has 2 rings (SSSR count). The minimum Gasteiger partial charge on any atom is -0.298 e. The molecule has 1 atom stereocenters. The molecule has 1 heterocycles. The monoisotopic (exact) mass is 243 g/mol. The molecule has 0 aliphatic heterocycles. The number of aromatic nitrogens is 1. The van der Waals surface area contributed by atoms with Gasteiger partial charge in [-0.3, -0.25) is 9.78 Å². The van der Waals surface area contributed by atoms with Gasteiger partial charge in [0.1, 0.15) is 12.1 Å². The summed E-state index contributed by atoms with van der Waals surface area (Å²) in [6.07, 6.45) is 4.21. The maximum atomic E-state index is 13.8. The summed E-state index contributed by atoms with van der Waals surface area (Å²) in [7, 11) is 0. The Hall–Kier alpha value is -2.03. The largest absolute Gasteiger partial charge is 0.298 e. The van der Waals surface area contributed by atoms with Crippen LogP contribution in [0.4, 0.5) is 4.39 Å². The molecule has 0 fully saturated rings. The van der Waals surface area contributed by atoms with Crippen molar-refractivity contribution < 1.29 is 9.18 Å². The summed E-state index contributed by atoms with van der Waals surface area (Å²) in [5, 5.41) is 0. The lowest BCUT2D eigenvalue weighted by atomic mass is 9.92. The average Bonchev–Trinajstić information content (AvgIpc) is 2.38. The van der Waals surface area contributed by atoms with E-state index in [2.05, 4.69) is 4.98 Å². The third-order valence-corrected chi connectivity index (χ3v) is 3.02. The van der Waals surface area contributed by atoms with Crippen LogP contribution >= 0.6 is 0 Å². The SMILES string of the molecule is Cc1cncc(C(C)c2cc(C=O)ccc2F)c1. The average molecular weight is 243 g/mol. The summed E-state index contributed by atoms with van der Waals surface area (Å²) in [6.45, 7) is 3.85. The van der Waals surface area contributed by atoms with E-state index in [1.807, 2.05) is 19.9 Å². The van der Waals surface area contributed by atoms with Crippen LogP contribution in [0.25, 0.3) is 0 Å². The van der Waals surface area contributed by atoms with Crippen molar-refractivity contribution in [1.82, 2.24) is 4.98 Å². The minimum atomic E-state index is -0.297. The summed E-state index contributed by atoms with van der Waals surface area (Å²) in [6, 6.07) is 6.38. The molecule has 0 aliphatic rings. The van der Waals surface area contributed by atoms with Crippen molar-refractivity contribution in [3.63, 3.8) is 0 Å². The van der Waals surface area contributed by atoms with Crippen molar-refractivity contribution in [1.29, 1.82) is 0 Å². The fourth-order valence-corrected chi connectivity index (χ4v) is 1.96. The molecule has 2 aromatic rings. The van der Waals surface area contributed by atoms with Gasteiger partial charge in [-0.15, -0.1) is 0 Å². The molecule has 1 aromatic carbocycles. The van der Waals surface area contributed by atoms with Crippen molar-refractivity contribution in [2.45, 2.75) is 19.8 Å². The molecule has 0 radical (unpaired) electrons. The zero-order valence-corrected chi connectivity index (χ0v) is 10.4. The number of hydrogen-bond donors (Lipinski definition) is 0. The Morgan fingerprint density at radius 1 is 1.28 bits per heavy atom. The van der Waals surface area contributed by atoms with Crippen LogP contribution in [0.5, 0.6) is 0 Å². The Bertz CT molecular complexity index is 580. The van der Waals surface area contributed by atoms with E-state index in [1.54, 1.807) is 18.5 Å². The highest BCUT2D eigenvalue weighted by atomic mass is 19.1. The molecule has 1 unspecified atom stereocenters. The maximum Gasteiger partial charge on any atom is 0.150 e. The summed E-state index contributed by atoms with van der Waals surface area (Å²) >= 11 is 0. The fourth-order valence-electron chi connectivity index (χ4n) is 1.96. The highest BCUT2D eigenvalue weighted by Gasteiger charge is 2.14. The molecule has 92 valence electrons. The zero-order chi connectivity index (χ0) is 13.1. The normalized spacial score (nSPS) is 12.2. The van der Waals surface area contributed by atoms with Crippen LogP contribution in [0.15, 0.2) is 36.7 Å². The Labute approximate surface area is 105 Å². The molecule has 0 bridgehead atoms. The lowest BCUT2D eigenvalue weighted by Gasteiger charge is -2.14. The predicted molar refractivity (Wildman–Crippen MR) is 68.3 cm³/mol. The van der Waals surface area contributed by atoms with Gasteiger partial charge in [0.25, 0.3) is 0 Å². The number of benzene rings is 1. The highest BCUT2D eigenvalue weighted by molar-refractivity contribution is 5.75. The van der Waals surface area contributed by atoms with Gasteiger partial charge in [0.2, 0.25) is 0 Å². The van der Waals surface area contributed by atoms with E-state index in [4.69, 9.17) is 0 Å². The van der Waals surface area contributed by atoms with E-state index < -0.39 is 0 Å². The minimum absolute atomic E-state index is 0.128. The Morgan fingerprint density at radius 3 is 2.72 bits per heavy atom. The molecule has 1 aromatic heterocycles. The lowest BCUT2D eigenvalue weighted by Crippen LogP contribution is -2.01. The van der Waals surface area contributed by atoms with Crippen LogP contribution in [0.3, 0.4) is 0 Å². The van der Waals surface area contributed by atoms with Crippen molar-refractivity contribution in [3.8, 4) is 0 Å². The van der Waals surface area contributed by atoms with Gasteiger partial charge < -0.3 is 0 Å². The first-order chi connectivity index (χ1) is 8.61. The van der Waals surface area contributed by atoms with E-state index in [1.165, 1.54) is 12.1 Å². The van der Waals surface area contributed by atoms with E-state index in [9.17, 15) is 9.18 Å². The Kier molecular flexibility index (Phi) is 3.51. The van der Waals surface area contributed by atoms with E-state index in [0.717, 1.165) is 17.4 Å². The van der Waals surface area contributed by atoms with Gasteiger partial charge in [-0.05, 0) is 41.8 Å². The van der Waals surface area contributed by atoms with Gasteiger partial charge in [0.05, 0.1) is 0 Å². The van der Waals surface area contributed by atoms with Gasteiger partial charge >= 0.3 is 0 Å². The van der Waals surface area contributed by atoms with Gasteiger partial charge in [0, 0.05) is 23.9 Å². The number of aryl methyl sites for hydroxylation is 1. The number of nitrogens with zero attached hydrogens (tertiary/aromatic N) is 1. The number of hydrogen-bond acceptors (Lipinski definition) is 2.